The fourth-order valence-electron chi connectivity index (χ4n) is 2.36. The Hall–Kier alpha value is -2.14. The van der Waals surface area contributed by atoms with Gasteiger partial charge in [-0.05, 0) is 23.5 Å². The lowest BCUT2D eigenvalue weighted by atomic mass is 9.87. The van der Waals surface area contributed by atoms with Crippen molar-refractivity contribution in [1.82, 2.24) is 9.78 Å². The van der Waals surface area contributed by atoms with Gasteiger partial charge >= 0.3 is 0 Å². The summed E-state index contributed by atoms with van der Waals surface area (Å²) in [4.78, 5) is 11.9. The predicted octanol–water partition coefficient (Wildman–Crippen LogP) is 3.59. The van der Waals surface area contributed by atoms with Gasteiger partial charge in [0.2, 0.25) is 5.91 Å². The van der Waals surface area contributed by atoms with E-state index in [2.05, 4.69) is 55.5 Å². The standard InChI is InChI=1S/C19H27N3O2/c1-5-24-13-11-18(23)21-17-10-12-20-22(17)14-15-6-8-16(9-7-15)19(2,3)4/h6-10,12H,5,11,13-14H2,1-4H3,(H,21,23). The maximum absolute atomic E-state index is 11.9. The highest BCUT2D eigenvalue weighted by Gasteiger charge is 2.13. The summed E-state index contributed by atoms with van der Waals surface area (Å²) in [5.74, 6) is 0.643. The average Bonchev–Trinajstić information content (AvgIpc) is 2.94. The number of rotatable bonds is 7. The van der Waals surface area contributed by atoms with Crippen LogP contribution in [0.25, 0.3) is 0 Å². The predicted molar refractivity (Wildman–Crippen MR) is 96.2 cm³/mol. The molecule has 24 heavy (non-hydrogen) atoms. The lowest BCUT2D eigenvalue weighted by molar-refractivity contribution is -0.117. The van der Waals surface area contributed by atoms with E-state index >= 15 is 0 Å². The van der Waals surface area contributed by atoms with E-state index in [9.17, 15) is 4.79 Å². The summed E-state index contributed by atoms with van der Waals surface area (Å²) in [7, 11) is 0. The first kappa shape index (κ1) is 18.2. The third-order valence-electron chi connectivity index (χ3n) is 3.81. The molecule has 5 heteroatoms. The molecule has 1 heterocycles. The third kappa shape index (κ3) is 5.20. The number of amides is 1. The largest absolute Gasteiger partial charge is 0.381 e. The Labute approximate surface area is 144 Å². The quantitative estimate of drug-likeness (QED) is 0.790. The highest BCUT2D eigenvalue weighted by atomic mass is 16.5. The molecule has 0 aliphatic heterocycles. The minimum Gasteiger partial charge on any atom is -0.381 e. The van der Waals surface area contributed by atoms with Crippen molar-refractivity contribution in [2.45, 2.75) is 46.1 Å². The Balaban J connectivity index is 1.99. The lowest BCUT2D eigenvalue weighted by Crippen LogP contribution is -2.17. The highest BCUT2D eigenvalue weighted by Crippen LogP contribution is 2.22. The van der Waals surface area contributed by atoms with E-state index in [0.717, 1.165) is 5.56 Å². The van der Waals surface area contributed by atoms with E-state index < -0.39 is 0 Å². The van der Waals surface area contributed by atoms with Crippen molar-refractivity contribution in [3.05, 3.63) is 47.7 Å². The Bertz CT molecular complexity index is 654. The van der Waals surface area contributed by atoms with Crippen LogP contribution < -0.4 is 5.32 Å². The molecule has 0 aliphatic carbocycles. The molecule has 0 saturated carbocycles. The fourth-order valence-corrected chi connectivity index (χ4v) is 2.36. The van der Waals surface area contributed by atoms with Crippen molar-refractivity contribution in [3.8, 4) is 0 Å². The number of anilines is 1. The van der Waals surface area contributed by atoms with Gasteiger partial charge < -0.3 is 10.1 Å². The molecule has 0 bridgehead atoms. The number of hydrogen-bond donors (Lipinski definition) is 1. The van der Waals surface area contributed by atoms with Gasteiger partial charge in [0.05, 0.1) is 25.8 Å². The topological polar surface area (TPSA) is 56.1 Å². The van der Waals surface area contributed by atoms with Gasteiger partial charge in [-0.1, -0.05) is 45.0 Å². The van der Waals surface area contributed by atoms with Crippen LogP contribution in [0.2, 0.25) is 0 Å². The second-order valence-electron chi connectivity index (χ2n) is 6.82. The highest BCUT2D eigenvalue weighted by molar-refractivity contribution is 5.89. The molecule has 0 unspecified atom stereocenters. The van der Waals surface area contributed by atoms with Crippen molar-refractivity contribution < 1.29 is 9.53 Å². The molecule has 0 radical (unpaired) electrons. The zero-order valence-corrected chi connectivity index (χ0v) is 15.0. The Morgan fingerprint density at radius 1 is 1.21 bits per heavy atom. The molecule has 2 aromatic rings. The molecule has 1 N–H and O–H groups in total. The van der Waals surface area contributed by atoms with Crippen molar-refractivity contribution in [1.29, 1.82) is 0 Å². The van der Waals surface area contributed by atoms with Gasteiger partial charge in [0.1, 0.15) is 5.82 Å². The van der Waals surface area contributed by atoms with E-state index in [0.29, 0.717) is 32.0 Å². The van der Waals surface area contributed by atoms with E-state index in [-0.39, 0.29) is 11.3 Å². The van der Waals surface area contributed by atoms with E-state index in [1.807, 2.05) is 13.0 Å². The number of aromatic nitrogens is 2. The van der Waals surface area contributed by atoms with Crippen LogP contribution >= 0.6 is 0 Å². The fraction of sp³-hybridized carbons (Fsp3) is 0.474. The van der Waals surface area contributed by atoms with Gasteiger partial charge in [0.15, 0.2) is 0 Å². The van der Waals surface area contributed by atoms with Gasteiger partial charge in [-0.3, -0.25) is 4.79 Å². The van der Waals surface area contributed by atoms with Crippen LogP contribution in [0.5, 0.6) is 0 Å². The van der Waals surface area contributed by atoms with E-state index in [1.165, 1.54) is 5.56 Å². The number of benzene rings is 1. The molecule has 0 saturated heterocycles. The van der Waals surface area contributed by atoms with Crippen LogP contribution in [-0.4, -0.2) is 28.9 Å². The average molecular weight is 329 g/mol. The van der Waals surface area contributed by atoms with Crippen molar-refractivity contribution >= 4 is 11.7 Å². The van der Waals surface area contributed by atoms with Crippen LogP contribution in [0.4, 0.5) is 5.82 Å². The minimum absolute atomic E-state index is 0.0618. The summed E-state index contributed by atoms with van der Waals surface area (Å²) in [6, 6.07) is 10.3. The molecule has 1 aromatic carbocycles. The summed E-state index contributed by atoms with van der Waals surface area (Å²) in [5.41, 5.74) is 2.59. The first-order chi connectivity index (χ1) is 11.4. The van der Waals surface area contributed by atoms with Crippen LogP contribution in [0, 0.1) is 0 Å². The summed E-state index contributed by atoms with van der Waals surface area (Å²) in [6.07, 6.45) is 2.04. The summed E-state index contributed by atoms with van der Waals surface area (Å²) < 4.78 is 7.00. The van der Waals surface area contributed by atoms with Gasteiger partial charge in [0.25, 0.3) is 0 Å². The lowest BCUT2D eigenvalue weighted by Gasteiger charge is -2.19. The number of nitrogens with zero attached hydrogens (tertiary/aromatic N) is 2. The maximum atomic E-state index is 11.9. The van der Waals surface area contributed by atoms with Crippen molar-refractivity contribution in [2.75, 3.05) is 18.5 Å². The molecule has 0 atom stereocenters. The molecule has 0 spiro atoms. The second-order valence-corrected chi connectivity index (χ2v) is 6.82. The molecule has 1 amide bonds. The van der Waals surface area contributed by atoms with Crippen LogP contribution in [0.3, 0.4) is 0 Å². The molecule has 5 nitrogen and oxygen atoms in total. The van der Waals surface area contributed by atoms with Crippen LogP contribution in [0.1, 0.15) is 45.2 Å². The zero-order chi connectivity index (χ0) is 17.6. The summed E-state index contributed by atoms with van der Waals surface area (Å²) >= 11 is 0. The van der Waals surface area contributed by atoms with Gasteiger partial charge in [-0.2, -0.15) is 5.10 Å². The number of nitrogens with one attached hydrogen (secondary N) is 1. The van der Waals surface area contributed by atoms with Crippen LogP contribution in [0.15, 0.2) is 36.5 Å². The number of hydrogen-bond acceptors (Lipinski definition) is 3. The monoisotopic (exact) mass is 329 g/mol. The maximum Gasteiger partial charge on any atom is 0.227 e. The van der Waals surface area contributed by atoms with Gasteiger partial charge in [0, 0.05) is 12.7 Å². The zero-order valence-electron chi connectivity index (χ0n) is 15.0. The van der Waals surface area contributed by atoms with Gasteiger partial charge in [-0.15, -0.1) is 0 Å². The molecular weight excluding hydrogens is 302 g/mol. The number of carbonyl (C=O) groups is 1. The Kier molecular flexibility index (Phi) is 6.15. The molecule has 0 fully saturated rings. The second kappa shape index (κ2) is 8.11. The van der Waals surface area contributed by atoms with Crippen molar-refractivity contribution in [3.63, 3.8) is 0 Å². The number of carbonyl (C=O) groups excluding carboxylic acids is 1. The normalized spacial score (nSPS) is 11.5. The Morgan fingerprint density at radius 3 is 2.54 bits per heavy atom. The van der Waals surface area contributed by atoms with Gasteiger partial charge in [-0.25, -0.2) is 4.68 Å². The first-order valence-corrected chi connectivity index (χ1v) is 8.39. The van der Waals surface area contributed by atoms with Crippen molar-refractivity contribution in [2.24, 2.45) is 0 Å². The number of ether oxygens (including phenoxy) is 1. The minimum atomic E-state index is -0.0618. The first-order valence-electron chi connectivity index (χ1n) is 8.39. The summed E-state index contributed by atoms with van der Waals surface area (Å²) in [5, 5.41) is 7.19. The molecule has 0 aliphatic rings. The molecular formula is C19H27N3O2. The third-order valence-corrected chi connectivity index (χ3v) is 3.81. The smallest absolute Gasteiger partial charge is 0.227 e. The SMILES string of the molecule is CCOCCC(=O)Nc1ccnn1Cc1ccc(C(C)(C)C)cc1. The molecule has 1 aromatic heterocycles. The summed E-state index contributed by atoms with van der Waals surface area (Å²) in [6.45, 7) is 10.2. The molecule has 130 valence electrons. The van der Waals surface area contributed by atoms with E-state index in [1.54, 1.807) is 10.9 Å². The van der Waals surface area contributed by atoms with Crippen LogP contribution in [-0.2, 0) is 21.5 Å². The molecule has 2 rings (SSSR count). The Morgan fingerprint density at radius 2 is 1.92 bits per heavy atom. The van der Waals surface area contributed by atoms with E-state index in [4.69, 9.17) is 4.74 Å².